The molecule has 154 valence electrons. The molecule has 1 N–H and O–H groups in total. The molecule has 0 atom stereocenters. The van der Waals surface area contributed by atoms with Crippen molar-refractivity contribution >= 4 is 51.6 Å². The molecule has 0 bridgehead atoms. The van der Waals surface area contributed by atoms with E-state index in [4.69, 9.17) is 23.2 Å². The van der Waals surface area contributed by atoms with Gasteiger partial charge in [-0.15, -0.1) is 0 Å². The first kappa shape index (κ1) is 21.6. The van der Waals surface area contributed by atoms with Crippen LogP contribution in [0.5, 0.6) is 0 Å². The van der Waals surface area contributed by atoms with Gasteiger partial charge in [-0.1, -0.05) is 41.4 Å². The number of aromatic nitrogens is 1. The Morgan fingerprint density at radius 3 is 2.60 bits per heavy atom. The average Bonchev–Trinajstić information content (AvgIpc) is 2.72. The van der Waals surface area contributed by atoms with Crippen molar-refractivity contribution in [1.29, 1.82) is 0 Å². The van der Waals surface area contributed by atoms with Crippen LogP contribution in [0, 0.1) is 0 Å². The smallest absolute Gasteiger partial charge is 0.379 e. The van der Waals surface area contributed by atoms with E-state index in [9.17, 15) is 19.5 Å². The monoisotopic (exact) mass is 445 g/mol. The number of ketones is 1. The van der Waals surface area contributed by atoms with Crippen molar-refractivity contribution in [3.8, 4) is 0 Å². The van der Waals surface area contributed by atoms with E-state index in [1.807, 2.05) is 0 Å². The Morgan fingerprint density at radius 2 is 1.90 bits per heavy atom. The molecular weight excluding hydrogens is 429 g/mol. The highest BCUT2D eigenvalue weighted by Gasteiger charge is 2.17. The molecule has 1 aromatic heterocycles. The first-order chi connectivity index (χ1) is 14.3. The number of pyridine rings is 1. The van der Waals surface area contributed by atoms with Gasteiger partial charge in [-0.3, -0.25) is 9.59 Å². The van der Waals surface area contributed by atoms with Gasteiger partial charge < -0.3 is 14.4 Å². The third-order valence-electron chi connectivity index (χ3n) is 4.36. The van der Waals surface area contributed by atoms with Gasteiger partial charge in [0.25, 0.3) is 5.78 Å². The van der Waals surface area contributed by atoms with Crippen molar-refractivity contribution in [1.82, 2.24) is 4.57 Å². The number of para-hydroxylation sites is 1. The molecule has 0 unspecified atom stereocenters. The molecule has 0 radical (unpaired) electrons. The maximum Gasteiger partial charge on any atom is 0.379 e. The van der Waals surface area contributed by atoms with Crippen molar-refractivity contribution in [2.24, 2.45) is 0 Å². The normalized spacial score (nSPS) is 11.5. The molecule has 3 aromatic rings. The molecule has 8 heteroatoms. The predicted octanol–water partition coefficient (Wildman–Crippen LogP) is 4.39. The lowest BCUT2D eigenvalue weighted by atomic mass is 10.1. The van der Waals surface area contributed by atoms with Crippen LogP contribution in [0.25, 0.3) is 16.7 Å². The van der Waals surface area contributed by atoms with Crippen molar-refractivity contribution in [2.45, 2.75) is 13.5 Å². The second-order valence-electron chi connectivity index (χ2n) is 6.37. The van der Waals surface area contributed by atoms with E-state index >= 15 is 0 Å². The summed E-state index contributed by atoms with van der Waals surface area (Å²) in [5, 5.41) is 11.7. The Bertz CT molecular complexity index is 1230. The number of ether oxygens (including phenoxy) is 1. The first-order valence-corrected chi connectivity index (χ1v) is 9.75. The van der Waals surface area contributed by atoms with Crippen molar-refractivity contribution in [3.63, 3.8) is 0 Å². The summed E-state index contributed by atoms with van der Waals surface area (Å²) in [5.74, 6) is -2.80. The molecule has 0 spiro atoms. The Morgan fingerprint density at radius 1 is 1.17 bits per heavy atom. The topological polar surface area (TPSA) is 85.6 Å². The summed E-state index contributed by atoms with van der Waals surface area (Å²) >= 11 is 12.2. The van der Waals surface area contributed by atoms with E-state index in [1.54, 1.807) is 54.0 Å². The summed E-state index contributed by atoms with van der Waals surface area (Å²) in [6.45, 7) is 1.85. The van der Waals surface area contributed by atoms with E-state index < -0.39 is 22.9 Å². The molecule has 0 amide bonds. The average molecular weight is 446 g/mol. The third kappa shape index (κ3) is 4.56. The molecule has 30 heavy (non-hydrogen) atoms. The van der Waals surface area contributed by atoms with Gasteiger partial charge >= 0.3 is 5.97 Å². The molecule has 2 aromatic carbocycles. The zero-order valence-corrected chi connectivity index (χ0v) is 17.4. The van der Waals surface area contributed by atoms with Gasteiger partial charge in [-0.25, -0.2) is 4.79 Å². The molecule has 1 heterocycles. The third-order valence-corrected chi connectivity index (χ3v) is 4.95. The molecule has 6 nitrogen and oxygen atoms in total. The van der Waals surface area contributed by atoms with E-state index in [0.717, 1.165) is 5.56 Å². The molecule has 0 saturated heterocycles. The number of fused-ring (bicyclic) bond motifs is 1. The molecule has 0 aliphatic carbocycles. The van der Waals surface area contributed by atoms with Crippen LogP contribution in [-0.4, -0.2) is 28.0 Å². The van der Waals surface area contributed by atoms with Gasteiger partial charge in [0.2, 0.25) is 0 Å². The summed E-state index contributed by atoms with van der Waals surface area (Å²) in [5.41, 5.74) is 0.750. The zero-order valence-electron chi connectivity index (χ0n) is 15.9. The van der Waals surface area contributed by atoms with E-state index in [0.29, 0.717) is 27.0 Å². The maximum absolute atomic E-state index is 12.9. The number of halogens is 2. The van der Waals surface area contributed by atoms with Crippen molar-refractivity contribution in [2.75, 3.05) is 6.61 Å². The molecule has 0 saturated carbocycles. The second-order valence-corrected chi connectivity index (χ2v) is 7.21. The minimum Gasteiger partial charge on any atom is -0.507 e. The fourth-order valence-electron chi connectivity index (χ4n) is 2.95. The van der Waals surface area contributed by atoms with Gasteiger partial charge in [0.1, 0.15) is 5.76 Å². The van der Waals surface area contributed by atoms with E-state index in [2.05, 4.69) is 4.74 Å². The van der Waals surface area contributed by atoms with Gasteiger partial charge in [0.15, 0.2) is 5.43 Å². The first-order valence-electron chi connectivity index (χ1n) is 9.00. The minimum atomic E-state index is -1.11. The summed E-state index contributed by atoms with van der Waals surface area (Å²) in [6.07, 6.45) is 2.10. The fourth-order valence-corrected chi connectivity index (χ4v) is 3.42. The van der Waals surface area contributed by atoms with Gasteiger partial charge in [0.05, 0.1) is 17.7 Å². The number of benzene rings is 2. The highest BCUT2D eigenvalue weighted by molar-refractivity contribution is 6.39. The second kappa shape index (κ2) is 9.15. The van der Waals surface area contributed by atoms with Crippen LogP contribution < -0.4 is 5.43 Å². The number of aliphatic hydroxyl groups excluding tert-OH is 1. The molecule has 3 rings (SSSR count). The van der Waals surface area contributed by atoms with Crippen LogP contribution in [0.4, 0.5) is 0 Å². The Balaban J connectivity index is 2.12. The van der Waals surface area contributed by atoms with E-state index in [-0.39, 0.29) is 18.7 Å². The van der Waals surface area contributed by atoms with Crippen molar-refractivity contribution in [3.05, 3.63) is 86.1 Å². The number of rotatable bonds is 6. The number of nitrogens with zero attached hydrogens (tertiary/aromatic N) is 1. The van der Waals surface area contributed by atoms with Gasteiger partial charge in [-0.2, -0.15) is 0 Å². The summed E-state index contributed by atoms with van der Waals surface area (Å²) in [7, 11) is 0. The van der Waals surface area contributed by atoms with Crippen LogP contribution >= 0.6 is 23.2 Å². The van der Waals surface area contributed by atoms with Gasteiger partial charge in [0, 0.05) is 34.2 Å². The Hall–Kier alpha value is -3.09. The standard InChI is InChI=1S/C22H17Cl2NO5/c1-2-30-22(29)20(27)10-19(26)16-12-25(11-13-7-8-14(23)9-17(13)24)18-6-4-3-5-15(18)21(16)28/h3-10,12,26H,2,11H2,1H3/b19-10-. The lowest BCUT2D eigenvalue weighted by Gasteiger charge is -2.14. The molecular formula is C22H17Cl2NO5. The maximum atomic E-state index is 12.9. The lowest BCUT2D eigenvalue weighted by molar-refractivity contribution is -0.151. The number of esters is 1. The quantitative estimate of drug-likeness (QED) is 0.263. The number of hydrogen-bond acceptors (Lipinski definition) is 5. The van der Waals surface area contributed by atoms with Crippen LogP contribution in [0.15, 0.2) is 59.5 Å². The van der Waals surface area contributed by atoms with Crippen LogP contribution in [-0.2, 0) is 20.9 Å². The molecule has 0 aliphatic rings. The summed E-state index contributed by atoms with van der Waals surface area (Å²) in [6, 6.07) is 11.9. The van der Waals surface area contributed by atoms with Gasteiger partial charge in [-0.05, 0) is 36.8 Å². The predicted molar refractivity (Wildman–Crippen MR) is 116 cm³/mol. The fraction of sp³-hybridized carbons (Fsp3) is 0.136. The van der Waals surface area contributed by atoms with Crippen LogP contribution in [0.3, 0.4) is 0 Å². The number of carbonyl (C=O) groups excluding carboxylic acids is 2. The van der Waals surface area contributed by atoms with Crippen molar-refractivity contribution < 1.29 is 19.4 Å². The highest BCUT2D eigenvalue weighted by atomic mass is 35.5. The summed E-state index contributed by atoms with van der Waals surface area (Å²) < 4.78 is 6.34. The SMILES string of the molecule is CCOC(=O)C(=O)/C=C(\O)c1cn(Cc2ccc(Cl)cc2Cl)c2ccccc2c1=O. The molecule has 0 fully saturated rings. The van der Waals surface area contributed by atoms with E-state index in [1.165, 1.54) is 6.20 Å². The minimum absolute atomic E-state index is 0.0177. The van der Waals surface area contributed by atoms with Crippen LogP contribution in [0.2, 0.25) is 10.0 Å². The highest BCUT2D eigenvalue weighted by Crippen LogP contribution is 2.24. The number of aliphatic hydroxyl groups is 1. The number of carbonyl (C=O) groups is 2. The summed E-state index contributed by atoms with van der Waals surface area (Å²) in [4.78, 5) is 36.3. The Labute approximate surface area is 181 Å². The van der Waals surface area contributed by atoms with Crippen LogP contribution in [0.1, 0.15) is 18.1 Å². The number of hydrogen-bond donors (Lipinski definition) is 1. The lowest BCUT2D eigenvalue weighted by Crippen LogP contribution is -2.18. The zero-order chi connectivity index (χ0) is 21.8. The largest absolute Gasteiger partial charge is 0.507 e. The Kier molecular flexibility index (Phi) is 6.59. The molecule has 0 aliphatic heterocycles.